The van der Waals surface area contributed by atoms with Gasteiger partial charge >= 0.3 is 0 Å². The van der Waals surface area contributed by atoms with E-state index in [-0.39, 0.29) is 4.90 Å². The summed E-state index contributed by atoms with van der Waals surface area (Å²) in [5.41, 5.74) is 1.44. The molecule has 0 saturated carbocycles. The van der Waals surface area contributed by atoms with E-state index < -0.39 is 23.0 Å². The Hall–Kier alpha value is -1.21. The van der Waals surface area contributed by atoms with Crippen molar-refractivity contribution in [3.8, 4) is 0 Å². The molecule has 1 aromatic rings. The molecule has 0 amide bonds. The van der Waals surface area contributed by atoms with Gasteiger partial charge in [0.2, 0.25) is 10.0 Å². The van der Waals surface area contributed by atoms with Crippen molar-refractivity contribution >= 4 is 15.7 Å². The van der Waals surface area contributed by atoms with Crippen LogP contribution < -0.4 is 10.0 Å². The van der Waals surface area contributed by atoms with Gasteiger partial charge in [-0.1, -0.05) is 6.07 Å². The molecule has 1 aromatic carbocycles. The molecular formula is C11H14F2N2O2S. The first-order valence-corrected chi connectivity index (χ1v) is 7.12. The summed E-state index contributed by atoms with van der Waals surface area (Å²) < 4.78 is 50.0. The Morgan fingerprint density at radius 1 is 1.39 bits per heavy atom. The molecule has 1 heterocycles. The molecule has 0 bridgehead atoms. The Morgan fingerprint density at radius 3 is 2.89 bits per heavy atom. The minimum Gasteiger partial charge on any atom is -0.385 e. The number of anilines is 1. The van der Waals surface area contributed by atoms with Crippen molar-refractivity contribution < 1.29 is 17.2 Å². The molecule has 0 unspecified atom stereocenters. The van der Waals surface area contributed by atoms with Gasteiger partial charge in [-0.3, -0.25) is 0 Å². The van der Waals surface area contributed by atoms with Crippen molar-refractivity contribution in [3.05, 3.63) is 23.8 Å². The van der Waals surface area contributed by atoms with Crippen LogP contribution in [0.4, 0.5) is 14.5 Å². The zero-order valence-electron chi connectivity index (χ0n) is 9.62. The van der Waals surface area contributed by atoms with E-state index in [0.29, 0.717) is 12.0 Å². The summed E-state index contributed by atoms with van der Waals surface area (Å²) in [4.78, 5) is 0.0906. The number of fused-ring (bicyclic) bond motifs is 1. The molecule has 0 atom stereocenters. The van der Waals surface area contributed by atoms with E-state index in [0.717, 1.165) is 18.7 Å². The molecule has 0 aromatic heterocycles. The number of sulfonamides is 1. The lowest BCUT2D eigenvalue weighted by molar-refractivity contribution is 0.153. The zero-order chi connectivity index (χ0) is 13.2. The van der Waals surface area contributed by atoms with Gasteiger partial charge in [-0.05, 0) is 30.5 Å². The molecule has 1 aliphatic rings. The highest BCUT2D eigenvalue weighted by atomic mass is 32.2. The second-order valence-electron chi connectivity index (χ2n) is 4.06. The Bertz CT molecular complexity index is 532. The molecule has 0 spiro atoms. The lowest BCUT2D eigenvalue weighted by Crippen LogP contribution is -2.30. The van der Waals surface area contributed by atoms with E-state index in [9.17, 15) is 17.2 Å². The number of benzene rings is 1. The van der Waals surface area contributed by atoms with Crippen molar-refractivity contribution in [1.29, 1.82) is 0 Å². The van der Waals surface area contributed by atoms with Gasteiger partial charge in [-0.2, -0.15) is 0 Å². The molecule has 18 heavy (non-hydrogen) atoms. The Morgan fingerprint density at radius 2 is 2.17 bits per heavy atom. The van der Waals surface area contributed by atoms with Crippen molar-refractivity contribution in [1.82, 2.24) is 4.72 Å². The summed E-state index contributed by atoms with van der Waals surface area (Å²) in [7, 11) is -3.87. The molecule has 0 fully saturated rings. The van der Waals surface area contributed by atoms with Crippen molar-refractivity contribution in [2.75, 3.05) is 18.4 Å². The van der Waals surface area contributed by atoms with Gasteiger partial charge < -0.3 is 5.32 Å². The first-order chi connectivity index (χ1) is 8.50. The largest absolute Gasteiger partial charge is 0.385 e. The van der Waals surface area contributed by atoms with Gasteiger partial charge in [-0.25, -0.2) is 21.9 Å². The molecule has 4 nitrogen and oxygen atoms in total. The van der Waals surface area contributed by atoms with E-state index in [2.05, 4.69) is 5.32 Å². The maximum atomic E-state index is 12.1. The van der Waals surface area contributed by atoms with Crippen molar-refractivity contribution in [2.24, 2.45) is 0 Å². The van der Waals surface area contributed by atoms with Gasteiger partial charge in [0.1, 0.15) is 0 Å². The van der Waals surface area contributed by atoms with Crippen LogP contribution in [0.1, 0.15) is 12.0 Å². The maximum Gasteiger partial charge on any atom is 0.251 e. The van der Waals surface area contributed by atoms with E-state index in [1.54, 1.807) is 12.1 Å². The molecule has 2 rings (SSSR count). The van der Waals surface area contributed by atoms with Crippen molar-refractivity contribution in [2.45, 2.75) is 24.2 Å². The van der Waals surface area contributed by atoms with Crippen molar-refractivity contribution in [3.63, 3.8) is 0 Å². The number of nitrogens with one attached hydrogen (secondary N) is 2. The third-order valence-corrected chi connectivity index (χ3v) is 4.28. The van der Waals surface area contributed by atoms with Crippen LogP contribution in [0.2, 0.25) is 0 Å². The smallest absolute Gasteiger partial charge is 0.251 e. The van der Waals surface area contributed by atoms with Gasteiger partial charge in [0.05, 0.1) is 11.4 Å². The average molecular weight is 276 g/mol. The van der Waals surface area contributed by atoms with Crippen LogP contribution in [0.25, 0.3) is 0 Å². The van der Waals surface area contributed by atoms with E-state index in [1.807, 2.05) is 4.72 Å². The average Bonchev–Trinajstić information content (AvgIpc) is 2.36. The van der Waals surface area contributed by atoms with Crippen LogP contribution in [0.5, 0.6) is 0 Å². The molecule has 7 heteroatoms. The zero-order valence-corrected chi connectivity index (χ0v) is 10.4. The van der Waals surface area contributed by atoms with Gasteiger partial charge in [0.25, 0.3) is 6.43 Å². The van der Waals surface area contributed by atoms with E-state index >= 15 is 0 Å². The number of halogens is 2. The van der Waals surface area contributed by atoms with Crippen LogP contribution in [-0.2, 0) is 16.4 Å². The minimum absolute atomic E-state index is 0.0906. The van der Waals surface area contributed by atoms with Gasteiger partial charge in [-0.15, -0.1) is 0 Å². The third kappa shape index (κ3) is 2.78. The van der Waals surface area contributed by atoms with E-state index in [4.69, 9.17) is 0 Å². The first kappa shape index (κ1) is 13.2. The Kier molecular flexibility index (Phi) is 3.82. The summed E-state index contributed by atoms with van der Waals surface area (Å²) in [6.07, 6.45) is -1.24. The first-order valence-electron chi connectivity index (χ1n) is 5.64. The SMILES string of the molecule is O=S(=O)(NCC(F)F)c1cccc2c1CCCN2. The summed E-state index contributed by atoms with van der Waals surface area (Å²) in [6.45, 7) is -0.0691. The number of hydrogen-bond acceptors (Lipinski definition) is 3. The standard InChI is InChI=1S/C11H14F2N2O2S/c12-11(13)7-15-18(16,17)10-5-1-4-9-8(10)3-2-6-14-9/h1,4-5,11,14-15H,2-3,6-7H2. The summed E-state index contributed by atoms with van der Waals surface area (Å²) in [5.74, 6) is 0. The fraction of sp³-hybridized carbons (Fsp3) is 0.455. The minimum atomic E-state index is -3.87. The monoisotopic (exact) mass is 276 g/mol. The Labute approximate surface area is 104 Å². The molecule has 2 N–H and O–H groups in total. The lowest BCUT2D eigenvalue weighted by atomic mass is 10.0. The highest BCUT2D eigenvalue weighted by Gasteiger charge is 2.22. The molecular weight excluding hydrogens is 262 g/mol. The van der Waals surface area contributed by atoms with E-state index in [1.165, 1.54) is 6.07 Å². The third-order valence-electron chi connectivity index (χ3n) is 2.77. The quantitative estimate of drug-likeness (QED) is 0.878. The predicted molar refractivity (Wildman–Crippen MR) is 64.4 cm³/mol. The maximum absolute atomic E-state index is 12.1. The summed E-state index contributed by atoms with van der Waals surface area (Å²) >= 11 is 0. The lowest BCUT2D eigenvalue weighted by Gasteiger charge is -2.20. The summed E-state index contributed by atoms with van der Waals surface area (Å²) in [6, 6.07) is 4.84. The number of alkyl halides is 2. The topological polar surface area (TPSA) is 58.2 Å². The highest BCUT2D eigenvalue weighted by molar-refractivity contribution is 7.89. The second-order valence-corrected chi connectivity index (χ2v) is 5.79. The van der Waals surface area contributed by atoms with Crippen LogP contribution >= 0.6 is 0 Å². The number of hydrogen-bond donors (Lipinski definition) is 2. The molecule has 0 saturated heterocycles. The fourth-order valence-electron chi connectivity index (χ4n) is 1.98. The van der Waals surface area contributed by atoms with Crippen LogP contribution in [0.3, 0.4) is 0 Å². The summed E-state index contributed by atoms with van der Waals surface area (Å²) in [5, 5.41) is 3.10. The van der Waals surface area contributed by atoms with Crippen LogP contribution in [0.15, 0.2) is 23.1 Å². The van der Waals surface area contributed by atoms with Crippen LogP contribution in [0, 0.1) is 0 Å². The number of rotatable bonds is 4. The Balaban J connectivity index is 2.33. The van der Waals surface area contributed by atoms with Crippen LogP contribution in [-0.4, -0.2) is 27.9 Å². The van der Waals surface area contributed by atoms with Gasteiger partial charge in [0, 0.05) is 12.2 Å². The second kappa shape index (κ2) is 5.19. The normalized spacial score (nSPS) is 15.3. The fourth-order valence-corrected chi connectivity index (χ4v) is 3.27. The highest BCUT2D eigenvalue weighted by Crippen LogP contribution is 2.28. The molecule has 1 aliphatic heterocycles. The molecule has 0 radical (unpaired) electrons. The van der Waals surface area contributed by atoms with Gasteiger partial charge in [0.15, 0.2) is 0 Å². The molecule has 0 aliphatic carbocycles. The molecule has 100 valence electrons. The predicted octanol–water partition coefficient (Wildman–Crippen LogP) is 1.59.